The molecular formula is C25H31ClFN4O8P. The van der Waals surface area contributed by atoms with E-state index in [4.69, 9.17) is 31.0 Å². The number of carbonyl (C=O) groups excluding carboxylic acids is 2. The number of oxime groups is 1. The van der Waals surface area contributed by atoms with Gasteiger partial charge in [-0.25, -0.2) is 14.0 Å². The van der Waals surface area contributed by atoms with Crippen molar-refractivity contribution in [2.24, 2.45) is 5.16 Å². The molecule has 2 aromatic rings. The maximum Gasteiger partial charge on any atom is 0.412 e. The number of aliphatic hydroxyl groups excluding tert-OH is 1. The Morgan fingerprint density at radius 1 is 1.25 bits per heavy atom. The fraction of sp³-hybridized carbons (Fsp3) is 0.400. The topological polar surface area (TPSA) is 170 Å². The van der Waals surface area contributed by atoms with Crippen molar-refractivity contribution in [3.63, 3.8) is 0 Å². The number of amidine groups is 1. The number of nitrogens with one attached hydrogen (secondary N) is 2. The molecule has 0 saturated carbocycles. The summed E-state index contributed by atoms with van der Waals surface area (Å²) in [7, 11) is -2.96. The molecule has 0 saturated heterocycles. The lowest BCUT2D eigenvalue weighted by Crippen LogP contribution is -2.47. The van der Waals surface area contributed by atoms with Gasteiger partial charge in [0.15, 0.2) is 11.9 Å². The minimum atomic E-state index is -4.35. The van der Waals surface area contributed by atoms with Crippen LogP contribution in [0.2, 0.25) is 5.02 Å². The lowest BCUT2D eigenvalue weighted by molar-refractivity contribution is 0.0739. The van der Waals surface area contributed by atoms with Crippen LogP contribution in [0.1, 0.15) is 36.5 Å². The molecule has 40 heavy (non-hydrogen) atoms. The van der Waals surface area contributed by atoms with Crippen molar-refractivity contribution >= 4 is 37.2 Å². The van der Waals surface area contributed by atoms with Gasteiger partial charge in [-0.15, -0.1) is 0 Å². The van der Waals surface area contributed by atoms with Crippen LogP contribution in [0, 0.1) is 5.82 Å². The normalized spacial score (nSPS) is 16.4. The third kappa shape index (κ3) is 9.76. The highest BCUT2D eigenvalue weighted by atomic mass is 35.5. The second kappa shape index (κ2) is 14.4. The number of alkyl carbamates (subject to hydrolysis) is 1. The number of carbonyl (C=O) groups is 2. The molecule has 0 spiro atoms. The van der Waals surface area contributed by atoms with E-state index in [-0.39, 0.29) is 43.0 Å². The van der Waals surface area contributed by atoms with Gasteiger partial charge in [0.1, 0.15) is 12.4 Å². The molecule has 3 amide bonds. The Morgan fingerprint density at radius 2 is 1.98 bits per heavy atom. The molecule has 1 heterocycles. The van der Waals surface area contributed by atoms with Crippen molar-refractivity contribution in [1.82, 2.24) is 15.5 Å². The lowest BCUT2D eigenvalue weighted by Gasteiger charge is -2.29. The van der Waals surface area contributed by atoms with Crippen LogP contribution in [0.5, 0.6) is 0 Å². The standard InChI is InChI=1S/C25H31ClFN4O8P/c1-31(24(33)28-14-17-8-5-9-20(27)23(17)26)18(12-19(32)10-11-40(35,36)37)15-38-25(34)29-22-13-21(39-30-22)16-6-3-2-4-7-16/h2-9,18-19,21,32H,10-15H2,1H3,(H,28,33)(H,29,30,34)(H2,35,36,37)/t18-,19-,21?/m0/s1. The van der Waals surface area contributed by atoms with Gasteiger partial charge in [-0.2, -0.15) is 0 Å². The first-order valence-corrected chi connectivity index (χ1v) is 14.5. The number of hydrogen-bond acceptors (Lipinski definition) is 7. The van der Waals surface area contributed by atoms with E-state index < -0.39 is 43.8 Å². The van der Waals surface area contributed by atoms with Crippen molar-refractivity contribution < 1.29 is 43.0 Å². The van der Waals surface area contributed by atoms with Crippen LogP contribution in [0.15, 0.2) is 53.7 Å². The summed E-state index contributed by atoms with van der Waals surface area (Å²) in [6.07, 6.45) is -3.10. The molecule has 0 fully saturated rings. The van der Waals surface area contributed by atoms with Crippen LogP contribution < -0.4 is 10.6 Å². The van der Waals surface area contributed by atoms with Crippen LogP contribution in [0.25, 0.3) is 0 Å². The second-order valence-electron chi connectivity index (χ2n) is 9.17. The lowest BCUT2D eigenvalue weighted by atomic mass is 10.1. The van der Waals surface area contributed by atoms with Crippen LogP contribution in [-0.2, 0) is 20.7 Å². The SMILES string of the molecule is CN(C(=O)NCc1cccc(F)c1Cl)[C@H](COC(=O)NC1=NOC(c2ccccc2)C1)C[C@@H](O)CCP(=O)(O)O. The molecule has 15 heteroatoms. The van der Waals surface area contributed by atoms with Gasteiger partial charge < -0.3 is 34.7 Å². The van der Waals surface area contributed by atoms with Gasteiger partial charge >= 0.3 is 19.7 Å². The predicted octanol–water partition coefficient (Wildman–Crippen LogP) is 3.51. The Labute approximate surface area is 235 Å². The first kappa shape index (κ1) is 31.3. The minimum Gasteiger partial charge on any atom is -0.447 e. The number of amides is 3. The predicted molar refractivity (Wildman–Crippen MR) is 144 cm³/mol. The zero-order valence-electron chi connectivity index (χ0n) is 21.6. The zero-order chi connectivity index (χ0) is 29.3. The molecule has 2 aromatic carbocycles. The summed E-state index contributed by atoms with van der Waals surface area (Å²) in [6.45, 7) is -0.462. The summed E-state index contributed by atoms with van der Waals surface area (Å²) in [5, 5.41) is 19.2. The number of halogens is 2. The number of urea groups is 1. The molecular weight excluding hydrogens is 570 g/mol. The quantitative estimate of drug-likeness (QED) is 0.244. The Kier molecular flexibility index (Phi) is 11.3. The molecule has 0 bridgehead atoms. The van der Waals surface area contributed by atoms with E-state index >= 15 is 0 Å². The average molecular weight is 601 g/mol. The molecule has 3 atom stereocenters. The molecule has 12 nitrogen and oxygen atoms in total. The zero-order valence-corrected chi connectivity index (χ0v) is 23.2. The molecule has 0 aromatic heterocycles. The number of ether oxygens (including phenoxy) is 1. The number of nitrogens with zero attached hydrogens (tertiary/aromatic N) is 2. The first-order chi connectivity index (χ1) is 18.9. The molecule has 5 N–H and O–H groups in total. The van der Waals surface area contributed by atoms with E-state index in [1.54, 1.807) is 6.07 Å². The van der Waals surface area contributed by atoms with E-state index in [1.807, 2.05) is 30.3 Å². The van der Waals surface area contributed by atoms with Crippen molar-refractivity contribution in [1.29, 1.82) is 0 Å². The summed E-state index contributed by atoms with van der Waals surface area (Å²) in [6, 6.07) is 11.9. The maximum absolute atomic E-state index is 13.7. The highest BCUT2D eigenvalue weighted by Crippen LogP contribution is 2.35. The monoisotopic (exact) mass is 600 g/mol. The molecule has 0 aliphatic carbocycles. The fourth-order valence-electron chi connectivity index (χ4n) is 3.86. The smallest absolute Gasteiger partial charge is 0.412 e. The van der Waals surface area contributed by atoms with Gasteiger partial charge in [-0.05, 0) is 30.0 Å². The average Bonchev–Trinajstić information content (AvgIpc) is 3.38. The summed E-state index contributed by atoms with van der Waals surface area (Å²) in [5.41, 5.74) is 1.22. The highest BCUT2D eigenvalue weighted by molar-refractivity contribution is 7.51. The molecule has 0 radical (unpaired) electrons. The van der Waals surface area contributed by atoms with Crippen molar-refractivity contribution in [3.8, 4) is 0 Å². The largest absolute Gasteiger partial charge is 0.447 e. The van der Waals surface area contributed by atoms with Crippen LogP contribution >= 0.6 is 19.2 Å². The number of likely N-dealkylation sites (N-methyl/N-ethyl adjacent to an activating group) is 1. The Morgan fingerprint density at radius 3 is 2.67 bits per heavy atom. The summed E-state index contributed by atoms with van der Waals surface area (Å²) in [5.74, 6) is -0.394. The molecule has 1 unspecified atom stereocenters. The van der Waals surface area contributed by atoms with E-state index in [2.05, 4.69) is 15.8 Å². The van der Waals surface area contributed by atoms with E-state index in [1.165, 1.54) is 24.1 Å². The number of rotatable bonds is 11. The molecule has 1 aliphatic heterocycles. The van der Waals surface area contributed by atoms with E-state index in [0.29, 0.717) is 12.0 Å². The van der Waals surface area contributed by atoms with Crippen LogP contribution in [-0.4, -0.2) is 69.7 Å². The Hall–Kier alpha value is -3.22. The maximum atomic E-state index is 13.7. The highest BCUT2D eigenvalue weighted by Gasteiger charge is 2.28. The molecule has 1 aliphatic rings. The number of aliphatic hydroxyl groups is 1. The number of benzene rings is 2. The Bertz CT molecular complexity index is 1250. The van der Waals surface area contributed by atoms with E-state index in [9.17, 15) is 23.7 Å². The van der Waals surface area contributed by atoms with Crippen molar-refractivity contribution in [2.45, 2.75) is 44.1 Å². The molecule has 3 rings (SSSR count). The fourth-order valence-corrected chi connectivity index (χ4v) is 4.68. The van der Waals surface area contributed by atoms with Crippen molar-refractivity contribution in [2.75, 3.05) is 19.8 Å². The summed E-state index contributed by atoms with van der Waals surface area (Å²) in [4.78, 5) is 50.0. The van der Waals surface area contributed by atoms with Gasteiger partial charge in [-0.1, -0.05) is 59.2 Å². The van der Waals surface area contributed by atoms with Crippen molar-refractivity contribution in [3.05, 3.63) is 70.5 Å². The summed E-state index contributed by atoms with van der Waals surface area (Å²) < 4.78 is 30.2. The minimum absolute atomic E-state index is 0.100. The Balaban J connectivity index is 1.58. The van der Waals surface area contributed by atoms with Crippen LogP contribution in [0.4, 0.5) is 14.0 Å². The number of hydrogen-bond donors (Lipinski definition) is 5. The first-order valence-electron chi connectivity index (χ1n) is 12.3. The van der Waals surface area contributed by atoms with Gasteiger partial charge in [0.05, 0.1) is 29.8 Å². The second-order valence-corrected chi connectivity index (χ2v) is 11.3. The van der Waals surface area contributed by atoms with Gasteiger partial charge in [0, 0.05) is 13.6 Å². The van der Waals surface area contributed by atoms with Gasteiger partial charge in [-0.3, -0.25) is 9.88 Å². The molecule has 218 valence electrons. The van der Waals surface area contributed by atoms with Crippen LogP contribution in [0.3, 0.4) is 0 Å². The van der Waals surface area contributed by atoms with Gasteiger partial charge in [0.2, 0.25) is 0 Å². The third-order valence-electron chi connectivity index (χ3n) is 6.12. The summed E-state index contributed by atoms with van der Waals surface area (Å²) >= 11 is 5.94. The third-order valence-corrected chi connectivity index (χ3v) is 7.38. The van der Waals surface area contributed by atoms with Gasteiger partial charge in [0.25, 0.3) is 0 Å². The van der Waals surface area contributed by atoms with E-state index in [0.717, 1.165) is 5.56 Å².